The number of thiophene rings is 1. The molecule has 0 radical (unpaired) electrons. The molecule has 0 bridgehead atoms. The lowest BCUT2D eigenvalue weighted by Crippen LogP contribution is -2.40. The highest BCUT2D eigenvalue weighted by atomic mass is 32.1. The number of ether oxygens (including phenoxy) is 7. The van der Waals surface area contributed by atoms with Crippen molar-refractivity contribution in [3.8, 4) is 16.9 Å². The van der Waals surface area contributed by atoms with Crippen LogP contribution in [-0.4, -0.2) is 121 Å². The minimum atomic E-state index is -0.721. The van der Waals surface area contributed by atoms with Crippen molar-refractivity contribution >= 4 is 51.1 Å². The molecule has 64 heavy (non-hydrogen) atoms. The van der Waals surface area contributed by atoms with Crippen molar-refractivity contribution in [3.63, 3.8) is 0 Å². The summed E-state index contributed by atoms with van der Waals surface area (Å²) in [4.78, 5) is 59.7. The van der Waals surface area contributed by atoms with Gasteiger partial charge in [-0.1, -0.05) is 29.4 Å². The molecule has 0 aliphatic carbocycles. The lowest BCUT2D eigenvalue weighted by molar-refractivity contribution is -0.141. The van der Waals surface area contributed by atoms with Crippen molar-refractivity contribution < 1.29 is 52.3 Å². The Hall–Kier alpha value is -5.82. The van der Waals surface area contributed by atoms with Gasteiger partial charge in [0.05, 0.1) is 83.7 Å². The molecular formula is C45H59N7O11S. The fourth-order valence-electron chi connectivity index (χ4n) is 6.12. The molecule has 0 fully saturated rings. The van der Waals surface area contributed by atoms with Gasteiger partial charge in [0.1, 0.15) is 23.8 Å². The van der Waals surface area contributed by atoms with Crippen molar-refractivity contribution in [2.75, 3.05) is 91.1 Å². The number of aryl methyl sites for hydroxylation is 1. The van der Waals surface area contributed by atoms with Crippen LogP contribution in [-0.2, 0) is 42.8 Å². The first kappa shape index (κ1) is 50.8. The first-order chi connectivity index (χ1) is 30.9. The van der Waals surface area contributed by atoms with E-state index in [2.05, 4.69) is 25.6 Å². The number of carbonyl (C=O) groups is 4. The summed E-state index contributed by atoms with van der Waals surface area (Å²) in [7, 11) is 1.28. The Balaban J connectivity index is 1.23. The number of carbonyl (C=O) groups excluding carboxylic acids is 4. The number of nitrogens with one attached hydrogen (secondary N) is 2. The Labute approximate surface area is 377 Å². The second kappa shape index (κ2) is 27.4. The van der Waals surface area contributed by atoms with E-state index in [1.165, 1.54) is 12.0 Å². The van der Waals surface area contributed by atoms with Gasteiger partial charge in [-0.15, -0.1) is 11.3 Å². The van der Waals surface area contributed by atoms with Crippen molar-refractivity contribution in [2.45, 2.75) is 58.6 Å². The smallest absolute Gasteiger partial charge is 0.416 e. The average Bonchev–Trinajstić information content (AvgIpc) is 3.77. The number of anilines is 1. The third kappa shape index (κ3) is 18.1. The van der Waals surface area contributed by atoms with Crippen LogP contribution < -0.4 is 20.3 Å². The second-order valence-corrected chi connectivity index (χ2v) is 16.2. The van der Waals surface area contributed by atoms with E-state index in [1.54, 1.807) is 44.4 Å². The largest absolute Gasteiger partial charge is 0.490 e. The van der Waals surface area contributed by atoms with E-state index in [9.17, 15) is 19.2 Å². The zero-order chi connectivity index (χ0) is 46.2. The zero-order valence-electron chi connectivity index (χ0n) is 37.2. The van der Waals surface area contributed by atoms with E-state index in [-0.39, 0.29) is 31.8 Å². The van der Waals surface area contributed by atoms with Gasteiger partial charge < -0.3 is 43.8 Å². The molecule has 0 saturated carbocycles. The predicted molar refractivity (Wildman–Crippen MR) is 242 cm³/mol. The molecule has 4 rings (SSSR count). The number of methoxy groups -OCH3 is 1. The fraction of sp³-hybridized carbons (Fsp3) is 0.489. The number of hydrogen-bond acceptors (Lipinski definition) is 14. The highest BCUT2D eigenvalue weighted by Gasteiger charge is 2.25. The molecule has 0 saturated heterocycles. The van der Waals surface area contributed by atoms with E-state index in [0.717, 1.165) is 32.5 Å². The first-order valence-corrected chi connectivity index (χ1v) is 21.9. The Morgan fingerprint density at radius 2 is 1.55 bits per heavy atom. The number of aromatic nitrogens is 1. The van der Waals surface area contributed by atoms with Gasteiger partial charge in [-0.2, -0.15) is 0 Å². The van der Waals surface area contributed by atoms with Crippen LogP contribution in [0, 0.1) is 6.92 Å². The number of fused-ring (bicyclic) bond motifs is 1. The van der Waals surface area contributed by atoms with E-state index in [0.29, 0.717) is 83.8 Å². The zero-order valence-corrected chi connectivity index (χ0v) is 38.0. The van der Waals surface area contributed by atoms with Crippen LogP contribution in [0.2, 0.25) is 0 Å². The van der Waals surface area contributed by atoms with Gasteiger partial charge in [0.2, 0.25) is 11.8 Å². The van der Waals surface area contributed by atoms with Crippen LogP contribution >= 0.6 is 11.3 Å². The van der Waals surface area contributed by atoms with Gasteiger partial charge in [0.25, 0.3) is 0 Å². The maximum atomic E-state index is 13.1. The molecule has 0 aliphatic heterocycles. The number of hydrogen-bond donors (Lipinski definition) is 2. The Bertz CT molecular complexity index is 2140. The van der Waals surface area contributed by atoms with E-state index >= 15 is 0 Å². The molecule has 2 heterocycles. The summed E-state index contributed by atoms with van der Waals surface area (Å²) in [6.07, 6.45) is 1.25. The van der Waals surface area contributed by atoms with Crippen molar-refractivity contribution in [3.05, 3.63) is 87.7 Å². The summed E-state index contributed by atoms with van der Waals surface area (Å²) in [6, 6.07) is 16.4. The Morgan fingerprint density at radius 1 is 0.875 bits per heavy atom. The lowest BCUT2D eigenvalue weighted by Gasteiger charge is -2.27. The quantitative estimate of drug-likeness (QED) is 0.0192. The number of amides is 3. The summed E-state index contributed by atoms with van der Waals surface area (Å²) in [6.45, 7) is 11.1. The fourth-order valence-corrected chi connectivity index (χ4v) is 7.00. The van der Waals surface area contributed by atoms with Crippen LogP contribution in [0.1, 0.15) is 57.2 Å². The van der Waals surface area contributed by atoms with Crippen LogP contribution in [0.3, 0.4) is 0 Å². The number of benzene rings is 2. The van der Waals surface area contributed by atoms with Gasteiger partial charge in [-0.3, -0.25) is 19.3 Å². The predicted octanol–water partition coefficient (Wildman–Crippen LogP) is 7.09. The SMILES string of the molecule is COC(=O)C[C@H](NC(=O)CNC(=O)CCCN(C(=O)OC(C)(C)C)c1cc(C)ccn1)c1ccc(-c2ccc(OCCOCCOCCOCCOCCN=[N+]=[N-])c3sccc23)cc1. The van der Waals surface area contributed by atoms with Gasteiger partial charge in [-0.25, -0.2) is 9.78 Å². The summed E-state index contributed by atoms with van der Waals surface area (Å²) >= 11 is 1.57. The van der Waals surface area contributed by atoms with E-state index in [4.69, 9.17) is 38.7 Å². The number of rotatable bonds is 28. The molecule has 0 aliphatic rings. The molecule has 1 atom stereocenters. The maximum absolute atomic E-state index is 13.1. The molecular weight excluding hydrogens is 847 g/mol. The summed E-state index contributed by atoms with van der Waals surface area (Å²) < 4.78 is 39.4. The van der Waals surface area contributed by atoms with E-state index < -0.39 is 29.6 Å². The molecule has 4 aromatic rings. The second-order valence-electron chi connectivity index (χ2n) is 15.3. The van der Waals surface area contributed by atoms with Gasteiger partial charge in [0, 0.05) is 36.0 Å². The summed E-state index contributed by atoms with van der Waals surface area (Å²) in [5, 5.41) is 11.9. The first-order valence-electron chi connectivity index (χ1n) is 21.0. The van der Waals surface area contributed by atoms with Crippen molar-refractivity contribution in [2.24, 2.45) is 5.11 Å². The summed E-state index contributed by atoms with van der Waals surface area (Å²) in [5.74, 6) is -0.206. The monoisotopic (exact) mass is 905 g/mol. The highest BCUT2D eigenvalue weighted by Crippen LogP contribution is 2.38. The standard InChI is InChI=1S/C45H59N7O11S/c1-32-14-16-47-39(29-32)52(44(56)63-45(2,3)4)18-6-7-40(53)48-31-41(54)50-37(30-42(55)57-5)34-10-8-33(9-11-34)35-12-13-38(43-36(35)15-28-64-43)62-27-26-61-25-24-60-23-22-59-21-20-58-19-17-49-51-46/h8-16,28-29,37H,6-7,17-27,30-31H2,1-5H3,(H,48,53)(H,50,54)/t37-/m0/s1. The lowest BCUT2D eigenvalue weighted by atomic mass is 9.97. The molecule has 3 amide bonds. The number of nitrogens with zero attached hydrogens (tertiary/aromatic N) is 5. The topological polar surface area (TPSA) is 222 Å². The van der Waals surface area contributed by atoms with Gasteiger partial charge in [-0.05, 0) is 97.6 Å². The number of azide groups is 1. The van der Waals surface area contributed by atoms with Crippen LogP contribution in [0.5, 0.6) is 5.75 Å². The number of pyridine rings is 1. The Kier molecular flexibility index (Phi) is 21.7. The maximum Gasteiger partial charge on any atom is 0.416 e. The minimum absolute atomic E-state index is 0.0428. The molecule has 2 aromatic carbocycles. The average molecular weight is 906 g/mol. The highest BCUT2D eigenvalue weighted by molar-refractivity contribution is 7.17. The normalized spacial score (nSPS) is 11.6. The molecule has 19 heteroatoms. The molecule has 2 aromatic heterocycles. The molecule has 346 valence electrons. The van der Waals surface area contributed by atoms with Crippen LogP contribution in [0.4, 0.5) is 10.6 Å². The Morgan fingerprint density at radius 3 is 2.19 bits per heavy atom. The van der Waals surface area contributed by atoms with Crippen LogP contribution in [0.25, 0.3) is 31.7 Å². The van der Waals surface area contributed by atoms with Crippen molar-refractivity contribution in [1.29, 1.82) is 0 Å². The molecule has 2 N–H and O–H groups in total. The van der Waals surface area contributed by atoms with Crippen molar-refractivity contribution in [1.82, 2.24) is 15.6 Å². The third-order valence-electron chi connectivity index (χ3n) is 9.16. The number of esters is 1. The third-order valence-corrected chi connectivity index (χ3v) is 10.1. The minimum Gasteiger partial charge on any atom is -0.490 e. The molecule has 18 nitrogen and oxygen atoms in total. The molecule has 0 spiro atoms. The van der Waals surface area contributed by atoms with Gasteiger partial charge >= 0.3 is 12.1 Å². The summed E-state index contributed by atoms with van der Waals surface area (Å²) in [5.41, 5.74) is 11.0. The van der Waals surface area contributed by atoms with Crippen LogP contribution in [0.15, 0.2) is 71.3 Å². The van der Waals surface area contributed by atoms with E-state index in [1.807, 2.05) is 60.8 Å². The molecule has 0 unspecified atom stereocenters. The van der Waals surface area contributed by atoms with Gasteiger partial charge in [0.15, 0.2) is 0 Å².